The highest BCUT2D eigenvalue weighted by molar-refractivity contribution is 9.10. The molecule has 2 N–H and O–H groups in total. The van der Waals surface area contributed by atoms with Crippen molar-refractivity contribution in [3.05, 3.63) is 69.9 Å². The van der Waals surface area contributed by atoms with Crippen LogP contribution in [0.2, 0.25) is 0 Å². The first-order valence-corrected chi connectivity index (χ1v) is 7.12. The fourth-order valence-corrected chi connectivity index (χ4v) is 2.69. The van der Waals surface area contributed by atoms with Crippen LogP contribution >= 0.6 is 15.9 Å². The molecule has 0 atom stereocenters. The molecular formula is C16H16BrFO2. The van der Waals surface area contributed by atoms with Crippen molar-refractivity contribution in [2.45, 2.75) is 11.8 Å². The highest BCUT2D eigenvalue weighted by Crippen LogP contribution is 2.30. The third-order valence-electron chi connectivity index (χ3n) is 3.53. The van der Waals surface area contributed by atoms with Crippen molar-refractivity contribution < 1.29 is 14.6 Å². The molecule has 0 heterocycles. The molecule has 0 aliphatic carbocycles. The monoisotopic (exact) mass is 338 g/mol. The Morgan fingerprint density at radius 3 is 2.25 bits per heavy atom. The molecular weight excluding hydrogens is 323 g/mol. The van der Waals surface area contributed by atoms with Gasteiger partial charge in [-0.15, -0.1) is 0 Å². The molecule has 2 nitrogen and oxygen atoms in total. The summed E-state index contributed by atoms with van der Waals surface area (Å²) in [6, 6.07) is 13.9. The second-order valence-corrected chi connectivity index (χ2v) is 5.79. The first-order chi connectivity index (χ1) is 9.61. The molecule has 0 saturated heterocycles. The molecule has 4 heteroatoms. The minimum Gasteiger partial charge on any atom is -0.395 e. The van der Waals surface area contributed by atoms with Crippen molar-refractivity contribution in [2.75, 3.05) is 13.2 Å². The standard InChI is InChI=1S/C16H16BrFO2/c17-14-6-7-15(18)12(8-14)9-16(10-19,11-20)13-4-2-1-3-5-13/h1-8,19-20H,9-11H2. The van der Waals surface area contributed by atoms with Gasteiger partial charge in [0.15, 0.2) is 0 Å². The molecule has 0 spiro atoms. The Balaban J connectivity index is 2.42. The Bertz CT molecular complexity index is 568. The number of rotatable bonds is 5. The maximum Gasteiger partial charge on any atom is 0.126 e. The quantitative estimate of drug-likeness (QED) is 0.879. The third kappa shape index (κ3) is 3.08. The van der Waals surface area contributed by atoms with Gasteiger partial charge in [-0.1, -0.05) is 46.3 Å². The second kappa shape index (κ2) is 6.48. The second-order valence-electron chi connectivity index (χ2n) is 4.88. The molecule has 0 bridgehead atoms. The largest absolute Gasteiger partial charge is 0.395 e. The Morgan fingerprint density at radius 1 is 1.00 bits per heavy atom. The number of benzene rings is 2. The number of hydrogen-bond donors (Lipinski definition) is 2. The van der Waals surface area contributed by atoms with Crippen molar-refractivity contribution in [1.82, 2.24) is 0 Å². The SMILES string of the molecule is OCC(CO)(Cc1cc(Br)ccc1F)c1ccccc1. The Kier molecular flexibility index (Phi) is 4.91. The van der Waals surface area contributed by atoms with E-state index in [0.29, 0.717) is 5.56 Å². The summed E-state index contributed by atoms with van der Waals surface area (Å²) in [5.74, 6) is -0.338. The van der Waals surface area contributed by atoms with Crippen LogP contribution in [0.4, 0.5) is 4.39 Å². The summed E-state index contributed by atoms with van der Waals surface area (Å²) < 4.78 is 14.7. The van der Waals surface area contributed by atoms with Crippen molar-refractivity contribution in [3.63, 3.8) is 0 Å². The summed E-state index contributed by atoms with van der Waals surface area (Å²) in [5.41, 5.74) is 0.374. The van der Waals surface area contributed by atoms with E-state index >= 15 is 0 Å². The minimum absolute atomic E-state index is 0.231. The van der Waals surface area contributed by atoms with Crippen molar-refractivity contribution in [2.24, 2.45) is 0 Å². The molecule has 0 amide bonds. The van der Waals surface area contributed by atoms with E-state index in [2.05, 4.69) is 15.9 Å². The molecule has 106 valence electrons. The minimum atomic E-state index is -0.886. The summed E-state index contributed by atoms with van der Waals surface area (Å²) in [7, 11) is 0. The van der Waals surface area contributed by atoms with Crippen LogP contribution in [-0.4, -0.2) is 23.4 Å². The van der Waals surface area contributed by atoms with E-state index in [1.165, 1.54) is 6.07 Å². The van der Waals surface area contributed by atoms with Gasteiger partial charge in [0.2, 0.25) is 0 Å². The van der Waals surface area contributed by atoms with Gasteiger partial charge in [0.25, 0.3) is 0 Å². The molecule has 2 rings (SSSR count). The van der Waals surface area contributed by atoms with Crippen LogP contribution in [0, 0.1) is 5.82 Å². The molecule has 2 aromatic rings. The Morgan fingerprint density at radius 2 is 1.65 bits per heavy atom. The molecule has 0 unspecified atom stereocenters. The zero-order valence-electron chi connectivity index (χ0n) is 10.9. The van der Waals surface area contributed by atoms with Gasteiger partial charge in [0.05, 0.1) is 13.2 Å². The van der Waals surface area contributed by atoms with Gasteiger partial charge >= 0.3 is 0 Å². The van der Waals surface area contributed by atoms with Crippen LogP contribution in [-0.2, 0) is 11.8 Å². The van der Waals surface area contributed by atoms with Gasteiger partial charge in [0, 0.05) is 9.89 Å². The molecule has 0 aliphatic heterocycles. The lowest BCUT2D eigenvalue weighted by Gasteiger charge is -2.30. The van der Waals surface area contributed by atoms with Gasteiger partial charge in [-0.25, -0.2) is 4.39 Å². The van der Waals surface area contributed by atoms with Crippen LogP contribution < -0.4 is 0 Å². The third-order valence-corrected chi connectivity index (χ3v) is 4.02. The summed E-state index contributed by atoms with van der Waals surface area (Å²) in [6.45, 7) is -0.501. The van der Waals surface area contributed by atoms with E-state index in [0.717, 1.165) is 10.0 Å². The lowest BCUT2D eigenvalue weighted by Crippen LogP contribution is -2.37. The van der Waals surface area contributed by atoms with Gasteiger partial charge in [-0.05, 0) is 35.7 Å². The fourth-order valence-electron chi connectivity index (χ4n) is 2.28. The predicted octanol–water partition coefficient (Wildman–Crippen LogP) is 3.05. The normalized spacial score (nSPS) is 11.6. The molecule has 2 aromatic carbocycles. The summed E-state index contributed by atoms with van der Waals surface area (Å²) in [4.78, 5) is 0. The van der Waals surface area contributed by atoms with E-state index in [1.807, 2.05) is 30.3 Å². The molecule has 0 saturated carbocycles. The van der Waals surface area contributed by atoms with Gasteiger partial charge in [-0.3, -0.25) is 0 Å². The maximum absolute atomic E-state index is 13.9. The summed E-state index contributed by atoms with van der Waals surface area (Å²) >= 11 is 3.31. The number of halogens is 2. The van der Waals surface area contributed by atoms with Crippen LogP contribution in [0.1, 0.15) is 11.1 Å². The highest BCUT2D eigenvalue weighted by atomic mass is 79.9. The van der Waals surface area contributed by atoms with E-state index in [4.69, 9.17) is 0 Å². The zero-order chi connectivity index (χ0) is 14.6. The smallest absolute Gasteiger partial charge is 0.126 e. The molecule has 0 aromatic heterocycles. The first-order valence-electron chi connectivity index (χ1n) is 6.32. The number of hydrogen-bond acceptors (Lipinski definition) is 2. The highest BCUT2D eigenvalue weighted by Gasteiger charge is 2.32. The van der Waals surface area contributed by atoms with E-state index in [1.54, 1.807) is 12.1 Å². The fraction of sp³-hybridized carbons (Fsp3) is 0.250. The average Bonchev–Trinajstić information content (AvgIpc) is 2.49. The van der Waals surface area contributed by atoms with E-state index < -0.39 is 5.41 Å². The summed E-state index contributed by atoms with van der Waals surface area (Å²) in [6.07, 6.45) is 0.231. The molecule has 0 fully saturated rings. The summed E-state index contributed by atoms with van der Waals surface area (Å²) in [5, 5.41) is 19.5. The van der Waals surface area contributed by atoms with Gasteiger partial charge < -0.3 is 10.2 Å². The molecule has 20 heavy (non-hydrogen) atoms. The topological polar surface area (TPSA) is 40.5 Å². The van der Waals surface area contributed by atoms with Gasteiger partial charge in [-0.2, -0.15) is 0 Å². The molecule has 0 aliphatic rings. The Hall–Kier alpha value is -1.23. The number of aliphatic hydroxyl groups is 2. The van der Waals surface area contributed by atoms with Crippen LogP contribution in [0.25, 0.3) is 0 Å². The predicted molar refractivity (Wildman–Crippen MR) is 80.1 cm³/mol. The lowest BCUT2D eigenvalue weighted by atomic mass is 9.77. The van der Waals surface area contributed by atoms with E-state index in [-0.39, 0.29) is 25.5 Å². The van der Waals surface area contributed by atoms with E-state index in [9.17, 15) is 14.6 Å². The van der Waals surface area contributed by atoms with Crippen LogP contribution in [0.3, 0.4) is 0 Å². The van der Waals surface area contributed by atoms with Crippen molar-refractivity contribution in [3.8, 4) is 0 Å². The molecule has 0 radical (unpaired) electrons. The van der Waals surface area contributed by atoms with Crippen molar-refractivity contribution in [1.29, 1.82) is 0 Å². The number of aliphatic hydroxyl groups excluding tert-OH is 2. The lowest BCUT2D eigenvalue weighted by molar-refractivity contribution is 0.115. The van der Waals surface area contributed by atoms with Crippen LogP contribution in [0.5, 0.6) is 0 Å². The average molecular weight is 339 g/mol. The zero-order valence-corrected chi connectivity index (χ0v) is 12.5. The maximum atomic E-state index is 13.9. The van der Waals surface area contributed by atoms with Crippen LogP contribution in [0.15, 0.2) is 53.0 Å². The Labute approximate surface area is 126 Å². The van der Waals surface area contributed by atoms with Crippen molar-refractivity contribution >= 4 is 15.9 Å². The first kappa shape index (κ1) is 15.2. The van der Waals surface area contributed by atoms with Gasteiger partial charge in [0.1, 0.15) is 5.82 Å².